The van der Waals surface area contributed by atoms with Crippen molar-refractivity contribution in [3.63, 3.8) is 0 Å². The van der Waals surface area contributed by atoms with Gasteiger partial charge >= 0.3 is 0 Å². The maximum absolute atomic E-state index is 8.70. The van der Waals surface area contributed by atoms with Gasteiger partial charge in [-0.2, -0.15) is 0 Å². The molecule has 0 saturated carbocycles. The average molecular weight is 171 g/mol. The van der Waals surface area contributed by atoms with Crippen molar-refractivity contribution in [3.05, 3.63) is 21.9 Å². The number of aliphatic hydroxyl groups is 1. The summed E-state index contributed by atoms with van der Waals surface area (Å²) < 4.78 is 0. The van der Waals surface area contributed by atoms with E-state index in [2.05, 4.69) is 18.4 Å². The normalized spacial score (nSPS) is 13.4. The van der Waals surface area contributed by atoms with Crippen molar-refractivity contribution in [2.45, 2.75) is 19.4 Å². The lowest BCUT2D eigenvalue weighted by atomic mass is 10.1. The minimum absolute atomic E-state index is 0.0668. The Labute approximate surface area is 70.7 Å². The fraction of sp³-hybridized carbons (Fsp3) is 0.500. The Bertz CT molecular complexity index is 222. The SMILES string of the molecule is Cc1ccsc1CC(N)CO. The van der Waals surface area contributed by atoms with Crippen molar-refractivity contribution >= 4 is 11.3 Å². The Morgan fingerprint density at radius 3 is 2.91 bits per heavy atom. The molecular formula is C8H13NOS. The zero-order valence-electron chi connectivity index (χ0n) is 6.58. The number of aryl methyl sites for hydroxylation is 1. The van der Waals surface area contributed by atoms with Gasteiger partial charge in [0.15, 0.2) is 0 Å². The summed E-state index contributed by atoms with van der Waals surface area (Å²) in [7, 11) is 0. The average Bonchev–Trinajstić information content (AvgIpc) is 2.37. The number of hydrogen-bond donors (Lipinski definition) is 2. The van der Waals surface area contributed by atoms with Crippen LogP contribution in [0.2, 0.25) is 0 Å². The second-order valence-electron chi connectivity index (χ2n) is 2.67. The smallest absolute Gasteiger partial charge is 0.0586 e. The zero-order valence-corrected chi connectivity index (χ0v) is 7.40. The molecule has 0 bridgehead atoms. The number of aliphatic hydroxyl groups excluding tert-OH is 1. The molecule has 3 N–H and O–H groups in total. The molecule has 62 valence electrons. The van der Waals surface area contributed by atoms with Crippen LogP contribution in [0.15, 0.2) is 11.4 Å². The number of hydrogen-bond acceptors (Lipinski definition) is 3. The molecule has 0 fully saturated rings. The van der Waals surface area contributed by atoms with E-state index in [-0.39, 0.29) is 12.6 Å². The first kappa shape index (κ1) is 8.71. The van der Waals surface area contributed by atoms with Crippen LogP contribution in [0.1, 0.15) is 10.4 Å². The van der Waals surface area contributed by atoms with Gasteiger partial charge in [0.2, 0.25) is 0 Å². The van der Waals surface area contributed by atoms with E-state index in [1.165, 1.54) is 10.4 Å². The van der Waals surface area contributed by atoms with Gasteiger partial charge in [0, 0.05) is 10.9 Å². The largest absolute Gasteiger partial charge is 0.395 e. The zero-order chi connectivity index (χ0) is 8.27. The van der Waals surface area contributed by atoms with E-state index in [9.17, 15) is 0 Å². The van der Waals surface area contributed by atoms with Crippen LogP contribution in [0.3, 0.4) is 0 Å². The van der Waals surface area contributed by atoms with Crippen molar-refractivity contribution in [1.82, 2.24) is 0 Å². The Balaban J connectivity index is 2.56. The van der Waals surface area contributed by atoms with Crippen molar-refractivity contribution in [3.8, 4) is 0 Å². The maximum atomic E-state index is 8.70. The summed E-state index contributed by atoms with van der Waals surface area (Å²) in [6.45, 7) is 2.13. The maximum Gasteiger partial charge on any atom is 0.0586 e. The fourth-order valence-corrected chi connectivity index (χ4v) is 1.92. The number of rotatable bonds is 3. The fourth-order valence-electron chi connectivity index (χ4n) is 0.916. The summed E-state index contributed by atoms with van der Waals surface area (Å²) in [6.07, 6.45) is 0.792. The van der Waals surface area contributed by atoms with Gasteiger partial charge in [-0.1, -0.05) is 0 Å². The highest BCUT2D eigenvalue weighted by Gasteiger charge is 2.05. The molecule has 0 aliphatic heterocycles. The van der Waals surface area contributed by atoms with Gasteiger partial charge in [-0.15, -0.1) is 11.3 Å². The predicted molar refractivity (Wildman–Crippen MR) is 47.8 cm³/mol. The van der Waals surface area contributed by atoms with Crippen LogP contribution in [-0.4, -0.2) is 17.8 Å². The summed E-state index contributed by atoms with van der Waals surface area (Å²) >= 11 is 1.70. The van der Waals surface area contributed by atoms with Crippen molar-refractivity contribution in [1.29, 1.82) is 0 Å². The summed E-state index contributed by atoms with van der Waals surface area (Å²) in [5.74, 6) is 0. The highest BCUT2D eigenvalue weighted by Crippen LogP contribution is 2.16. The minimum Gasteiger partial charge on any atom is -0.395 e. The molecule has 1 rings (SSSR count). The summed E-state index contributed by atoms with van der Waals surface area (Å²) in [6, 6.07) is 1.97. The van der Waals surface area contributed by atoms with Gasteiger partial charge in [-0.3, -0.25) is 0 Å². The van der Waals surface area contributed by atoms with Gasteiger partial charge in [0.1, 0.15) is 0 Å². The molecule has 1 unspecified atom stereocenters. The third-order valence-electron chi connectivity index (χ3n) is 1.65. The third kappa shape index (κ3) is 2.29. The molecule has 1 aromatic heterocycles. The van der Waals surface area contributed by atoms with E-state index in [1.807, 2.05) is 0 Å². The first-order chi connectivity index (χ1) is 5.24. The first-order valence-electron chi connectivity index (χ1n) is 3.63. The van der Waals surface area contributed by atoms with Crippen LogP contribution in [0.25, 0.3) is 0 Å². The first-order valence-corrected chi connectivity index (χ1v) is 4.51. The quantitative estimate of drug-likeness (QED) is 0.710. The van der Waals surface area contributed by atoms with Crippen LogP contribution in [0.4, 0.5) is 0 Å². The van der Waals surface area contributed by atoms with Crippen LogP contribution in [-0.2, 0) is 6.42 Å². The lowest BCUT2D eigenvalue weighted by molar-refractivity contribution is 0.265. The van der Waals surface area contributed by atoms with Crippen LogP contribution in [0.5, 0.6) is 0 Å². The minimum atomic E-state index is -0.104. The van der Waals surface area contributed by atoms with Crippen molar-refractivity contribution in [2.75, 3.05) is 6.61 Å². The molecule has 0 saturated heterocycles. The molecule has 0 aliphatic carbocycles. The van der Waals surface area contributed by atoms with Gasteiger partial charge in [0.05, 0.1) is 6.61 Å². The molecule has 1 heterocycles. The van der Waals surface area contributed by atoms with Gasteiger partial charge in [-0.25, -0.2) is 0 Å². The standard InChI is InChI=1S/C8H13NOS/c1-6-2-3-11-8(6)4-7(9)5-10/h2-3,7,10H,4-5,9H2,1H3. The summed E-state index contributed by atoms with van der Waals surface area (Å²) in [4.78, 5) is 1.28. The molecule has 2 nitrogen and oxygen atoms in total. The van der Waals surface area contributed by atoms with E-state index in [0.29, 0.717) is 0 Å². The van der Waals surface area contributed by atoms with E-state index in [1.54, 1.807) is 11.3 Å². The molecule has 0 amide bonds. The Morgan fingerprint density at radius 2 is 2.45 bits per heavy atom. The summed E-state index contributed by atoms with van der Waals surface area (Å²) in [5.41, 5.74) is 6.87. The Hall–Kier alpha value is -0.380. The van der Waals surface area contributed by atoms with Crippen molar-refractivity contribution < 1.29 is 5.11 Å². The predicted octanol–water partition coefficient (Wildman–Crippen LogP) is 0.919. The molecule has 3 heteroatoms. The van der Waals surface area contributed by atoms with Crippen molar-refractivity contribution in [2.24, 2.45) is 5.73 Å². The highest BCUT2D eigenvalue weighted by molar-refractivity contribution is 7.10. The third-order valence-corrected chi connectivity index (χ3v) is 2.70. The van der Waals surface area contributed by atoms with Crippen LogP contribution in [0, 0.1) is 6.92 Å². The molecule has 0 aromatic carbocycles. The van der Waals surface area contributed by atoms with E-state index in [4.69, 9.17) is 10.8 Å². The van der Waals surface area contributed by atoms with E-state index < -0.39 is 0 Å². The van der Waals surface area contributed by atoms with E-state index in [0.717, 1.165) is 6.42 Å². The molecule has 1 atom stereocenters. The van der Waals surface area contributed by atoms with Gasteiger partial charge in [-0.05, 0) is 30.4 Å². The van der Waals surface area contributed by atoms with E-state index >= 15 is 0 Å². The lowest BCUT2D eigenvalue weighted by Crippen LogP contribution is -2.26. The Morgan fingerprint density at radius 1 is 1.73 bits per heavy atom. The molecule has 11 heavy (non-hydrogen) atoms. The van der Waals surface area contributed by atoms with Crippen LogP contribution >= 0.6 is 11.3 Å². The molecule has 0 spiro atoms. The molecule has 1 aromatic rings. The second-order valence-corrected chi connectivity index (χ2v) is 3.67. The second kappa shape index (κ2) is 3.85. The number of thiophene rings is 1. The number of nitrogens with two attached hydrogens (primary N) is 1. The summed E-state index contributed by atoms with van der Waals surface area (Å²) in [5, 5.41) is 10.8. The highest BCUT2D eigenvalue weighted by atomic mass is 32.1. The van der Waals surface area contributed by atoms with Gasteiger partial charge < -0.3 is 10.8 Å². The van der Waals surface area contributed by atoms with Crippen LogP contribution < -0.4 is 5.73 Å². The lowest BCUT2D eigenvalue weighted by Gasteiger charge is -2.05. The topological polar surface area (TPSA) is 46.2 Å². The molecule has 0 aliphatic rings. The molecule has 0 radical (unpaired) electrons. The Kier molecular flexibility index (Phi) is 3.05. The monoisotopic (exact) mass is 171 g/mol. The molecular weight excluding hydrogens is 158 g/mol. The van der Waals surface area contributed by atoms with Gasteiger partial charge in [0.25, 0.3) is 0 Å².